The number of ketones is 1. The first-order valence-corrected chi connectivity index (χ1v) is 8.26. The van der Waals surface area contributed by atoms with Gasteiger partial charge >= 0.3 is 0 Å². The Morgan fingerprint density at radius 3 is 2.38 bits per heavy atom. The van der Waals surface area contributed by atoms with E-state index in [0.29, 0.717) is 33.7 Å². The molecule has 0 aliphatic rings. The average Bonchev–Trinajstić information content (AvgIpc) is 2.56. The van der Waals surface area contributed by atoms with E-state index in [0.717, 1.165) is 0 Å². The Balaban J connectivity index is 1.87. The van der Waals surface area contributed by atoms with Crippen LogP contribution >= 0.6 is 23.2 Å². The number of ether oxygens (including phenoxy) is 1. The third kappa shape index (κ3) is 5.25. The van der Waals surface area contributed by atoms with Crippen LogP contribution in [-0.4, -0.2) is 18.3 Å². The second-order valence-electron chi connectivity index (χ2n) is 5.05. The highest BCUT2D eigenvalue weighted by atomic mass is 35.5. The monoisotopic (exact) mass is 365 g/mol. The van der Waals surface area contributed by atoms with Crippen LogP contribution in [0.3, 0.4) is 0 Å². The third-order valence-electron chi connectivity index (χ3n) is 3.27. The molecule has 0 aliphatic carbocycles. The molecule has 0 bridgehead atoms. The highest BCUT2D eigenvalue weighted by Crippen LogP contribution is 2.25. The van der Waals surface area contributed by atoms with Crippen LogP contribution < -0.4 is 10.1 Å². The van der Waals surface area contributed by atoms with Gasteiger partial charge in [-0.2, -0.15) is 0 Å². The van der Waals surface area contributed by atoms with E-state index in [1.54, 1.807) is 42.5 Å². The van der Waals surface area contributed by atoms with E-state index in [2.05, 4.69) is 5.32 Å². The maximum absolute atomic E-state index is 12.1. The van der Waals surface area contributed by atoms with E-state index in [9.17, 15) is 9.59 Å². The zero-order chi connectivity index (χ0) is 17.5. The van der Waals surface area contributed by atoms with Gasteiger partial charge in [0.1, 0.15) is 5.75 Å². The van der Waals surface area contributed by atoms with Crippen molar-refractivity contribution in [3.05, 3.63) is 58.1 Å². The van der Waals surface area contributed by atoms with Crippen molar-refractivity contribution in [3.8, 4) is 5.75 Å². The lowest BCUT2D eigenvalue weighted by atomic mass is 10.1. The molecule has 4 nitrogen and oxygen atoms in total. The van der Waals surface area contributed by atoms with Gasteiger partial charge in [-0.25, -0.2) is 0 Å². The van der Waals surface area contributed by atoms with Crippen LogP contribution in [0.2, 0.25) is 10.0 Å². The number of Topliss-reactive ketones (excluding diaryl/α,β-unsaturated/α-hetero) is 1. The number of hydrogen-bond donors (Lipinski definition) is 1. The molecule has 1 amide bonds. The quantitative estimate of drug-likeness (QED) is 0.702. The van der Waals surface area contributed by atoms with Crippen molar-refractivity contribution in [1.29, 1.82) is 0 Å². The smallest absolute Gasteiger partial charge is 0.224 e. The Hall–Kier alpha value is -2.04. The molecule has 126 valence electrons. The van der Waals surface area contributed by atoms with Crippen molar-refractivity contribution in [2.75, 3.05) is 11.9 Å². The van der Waals surface area contributed by atoms with Crippen LogP contribution in [0.25, 0.3) is 0 Å². The molecule has 0 fully saturated rings. The maximum Gasteiger partial charge on any atom is 0.224 e. The molecular weight excluding hydrogens is 349 g/mol. The van der Waals surface area contributed by atoms with E-state index >= 15 is 0 Å². The second kappa shape index (κ2) is 8.71. The lowest BCUT2D eigenvalue weighted by Gasteiger charge is -2.08. The summed E-state index contributed by atoms with van der Waals surface area (Å²) in [6, 6.07) is 11.7. The molecule has 24 heavy (non-hydrogen) atoms. The Morgan fingerprint density at radius 2 is 1.75 bits per heavy atom. The number of carbonyl (C=O) groups excluding carboxylic acids is 2. The first kappa shape index (κ1) is 18.3. The maximum atomic E-state index is 12.1. The number of benzene rings is 2. The van der Waals surface area contributed by atoms with Crippen molar-refractivity contribution < 1.29 is 14.3 Å². The normalized spacial score (nSPS) is 10.3. The van der Waals surface area contributed by atoms with Crippen LogP contribution in [-0.2, 0) is 4.79 Å². The van der Waals surface area contributed by atoms with Gasteiger partial charge < -0.3 is 10.1 Å². The van der Waals surface area contributed by atoms with Gasteiger partial charge in [-0.3, -0.25) is 9.59 Å². The molecule has 0 radical (unpaired) electrons. The van der Waals surface area contributed by atoms with E-state index in [4.69, 9.17) is 27.9 Å². The summed E-state index contributed by atoms with van der Waals surface area (Å²) in [5.41, 5.74) is 1.02. The molecule has 0 saturated heterocycles. The zero-order valence-electron chi connectivity index (χ0n) is 13.1. The molecule has 0 aliphatic heterocycles. The third-order valence-corrected chi connectivity index (χ3v) is 3.82. The Bertz CT molecular complexity index is 730. The Labute approximate surface area is 150 Å². The molecule has 0 heterocycles. The van der Waals surface area contributed by atoms with Gasteiger partial charge in [0.25, 0.3) is 0 Å². The Kier molecular flexibility index (Phi) is 6.64. The molecule has 6 heteroatoms. The number of halogens is 2. The fourth-order valence-electron chi connectivity index (χ4n) is 2.08. The van der Waals surface area contributed by atoms with Crippen molar-refractivity contribution in [3.63, 3.8) is 0 Å². The van der Waals surface area contributed by atoms with Gasteiger partial charge in [0.15, 0.2) is 5.78 Å². The van der Waals surface area contributed by atoms with Crippen LogP contribution in [0, 0.1) is 0 Å². The fourth-order valence-corrected chi connectivity index (χ4v) is 2.53. The predicted molar refractivity (Wildman–Crippen MR) is 96.3 cm³/mol. The van der Waals surface area contributed by atoms with Crippen LogP contribution in [0.5, 0.6) is 5.75 Å². The summed E-state index contributed by atoms with van der Waals surface area (Å²) >= 11 is 11.8. The minimum atomic E-state index is -0.279. The van der Waals surface area contributed by atoms with E-state index in [-0.39, 0.29) is 24.5 Å². The lowest BCUT2D eigenvalue weighted by molar-refractivity contribution is -0.116. The van der Waals surface area contributed by atoms with Crippen molar-refractivity contribution in [1.82, 2.24) is 0 Å². The summed E-state index contributed by atoms with van der Waals surface area (Å²) < 4.78 is 5.33. The molecule has 2 aromatic rings. The Morgan fingerprint density at radius 1 is 1.04 bits per heavy atom. The fraction of sp³-hybridized carbons (Fsp3) is 0.222. The number of carbonyl (C=O) groups is 2. The standard InChI is InChI=1S/C18H17Cl2NO3/c1-2-24-14-6-3-12(4-7-14)17(22)9-10-18(23)21-16-8-5-13(19)11-15(16)20/h3-8,11H,2,9-10H2,1H3,(H,21,23). The highest BCUT2D eigenvalue weighted by molar-refractivity contribution is 6.36. The minimum Gasteiger partial charge on any atom is -0.494 e. The van der Waals surface area contributed by atoms with Gasteiger partial charge in [-0.1, -0.05) is 23.2 Å². The number of hydrogen-bond acceptors (Lipinski definition) is 3. The molecular formula is C18H17Cl2NO3. The first-order valence-electron chi connectivity index (χ1n) is 7.50. The highest BCUT2D eigenvalue weighted by Gasteiger charge is 2.11. The first-order chi connectivity index (χ1) is 11.5. The summed E-state index contributed by atoms with van der Waals surface area (Å²) in [5, 5.41) is 3.51. The van der Waals surface area contributed by atoms with E-state index in [1.807, 2.05) is 6.92 Å². The average molecular weight is 366 g/mol. The minimum absolute atomic E-state index is 0.0744. The molecule has 2 aromatic carbocycles. The van der Waals surface area contributed by atoms with Gasteiger partial charge in [0, 0.05) is 23.4 Å². The molecule has 2 rings (SSSR count). The summed E-state index contributed by atoms with van der Waals surface area (Å²) in [6.07, 6.45) is 0.190. The summed E-state index contributed by atoms with van der Waals surface area (Å²) in [6.45, 7) is 2.46. The molecule has 0 aromatic heterocycles. The van der Waals surface area contributed by atoms with Crippen molar-refractivity contribution in [2.24, 2.45) is 0 Å². The topological polar surface area (TPSA) is 55.4 Å². The molecule has 0 spiro atoms. The summed E-state index contributed by atoms with van der Waals surface area (Å²) in [7, 11) is 0. The zero-order valence-corrected chi connectivity index (χ0v) is 14.7. The van der Waals surface area contributed by atoms with Crippen molar-refractivity contribution >= 4 is 40.6 Å². The second-order valence-corrected chi connectivity index (χ2v) is 5.90. The molecule has 0 atom stereocenters. The van der Waals surface area contributed by atoms with Crippen molar-refractivity contribution in [2.45, 2.75) is 19.8 Å². The van der Waals surface area contributed by atoms with Gasteiger partial charge in [-0.15, -0.1) is 0 Å². The number of anilines is 1. The molecule has 1 N–H and O–H groups in total. The summed E-state index contributed by atoms with van der Waals surface area (Å²) in [4.78, 5) is 24.1. The number of nitrogens with one attached hydrogen (secondary N) is 1. The van der Waals surface area contributed by atoms with Gasteiger partial charge in [0.2, 0.25) is 5.91 Å². The number of amides is 1. The molecule has 0 unspecified atom stereocenters. The van der Waals surface area contributed by atoms with Gasteiger partial charge in [-0.05, 0) is 49.4 Å². The largest absolute Gasteiger partial charge is 0.494 e. The summed E-state index contributed by atoms with van der Waals surface area (Å²) in [5.74, 6) is 0.332. The van der Waals surface area contributed by atoms with Crippen LogP contribution in [0.1, 0.15) is 30.1 Å². The number of rotatable bonds is 7. The van der Waals surface area contributed by atoms with Gasteiger partial charge in [0.05, 0.1) is 17.3 Å². The van der Waals surface area contributed by atoms with E-state index < -0.39 is 0 Å². The van der Waals surface area contributed by atoms with E-state index in [1.165, 1.54) is 0 Å². The SMILES string of the molecule is CCOc1ccc(C(=O)CCC(=O)Nc2ccc(Cl)cc2Cl)cc1. The predicted octanol–water partition coefficient (Wildman–Crippen LogP) is 4.99. The lowest BCUT2D eigenvalue weighted by Crippen LogP contribution is -2.13. The molecule has 0 saturated carbocycles. The van der Waals surface area contributed by atoms with Crippen LogP contribution in [0.15, 0.2) is 42.5 Å². The van der Waals surface area contributed by atoms with Crippen LogP contribution in [0.4, 0.5) is 5.69 Å².